The minimum atomic E-state index is 0.362. The number of nitrogens with one attached hydrogen (secondary N) is 1. The van der Waals surface area contributed by atoms with Crippen LogP contribution < -0.4 is 5.32 Å². The van der Waals surface area contributed by atoms with Crippen molar-refractivity contribution in [2.24, 2.45) is 16.7 Å². The molecule has 0 amide bonds. The Labute approximate surface area is 115 Å². The van der Waals surface area contributed by atoms with Crippen molar-refractivity contribution in [3.8, 4) is 6.07 Å². The molecule has 1 unspecified atom stereocenters. The maximum Gasteiger partial charge on any atom is 0.0991 e. The predicted octanol–water partition coefficient (Wildman–Crippen LogP) is 4.18. The summed E-state index contributed by atoms with van der Waals surface area (Å²) in [6.07, 6.45) is 4.08. The number of hydrogen-bond donors (Lipinski definition) is 1. The molecule has 1 N–H and O–H groups in total. The van der Waals surface area contributed by atoms with Gasteiger partial charge in [0, 0.05) is 11.7 Å². The van der Waals surface area contributed by atoms with Crippen LogP contribution in [0.25, 0.3) is 0 Å². The van der Waals surface area contributed by atoms with Crippen molar-refractivity contribution in [3.05, 3.63) is 29.8 Å². The predicted molar refractivity (Wildman–Crippen MR) is 77.8 cm³/mol. The van der Waals surface area contributed by atoms with Crippen LogP contribution in [-0.4, -0.2) is 6.04 Å². The quantitative estimate of drug-likeness (QED) is 0.859. The number of hydrogen-bond acceptors (Lipinski definition) is 2. The highest BCUT2D eigenvalue weighted by Gasteiger charge is 2.59. The van der Waals surface area contributed by atoms with Crippen LogP contribution in [0, 0.1) is 28.1 Å². The van der Waals surface area contributed by atoms with Crippen LogP contribution in [0.15, 0.2) is 24.3 Å². The third-order valence-corrected chi connectivity index (χ3v) is 5.59. The first-order valence-corrected chi connectivity index (χ1v) is 7.22. The summed E-state index contributed by atoms with van der Waals surface area (Å²) in [5, 5.41) is 12.6. The topological polar surface area (TPSA) is 35.8 Å². The van der Waals surface area contributed by atoms with Crippen LogP contribution in [0.2, 0.25) is 0 Å². The van der Waals surface area contributed by atoms with E-state index in [-0.39, 0.29) is 0 Å². The van der Waals surface area contributed by atoms with Crippen molar-refractivity contribution in [2.45, 2.75) is 46.1 Å². The highest BCUT2D eigenvalue weighted by Crippen LogP contribution is 2.63. The molecule has 100 valence electrons. The van der Waals surface area contributed by atoms with Crippen molar-refractivity contribution in [1.82, 2.24) is 0 Å². The van der Waals surface area contributed by atoms with Gasteiger partial charge in [-0.3, -0.25) is 0 Å². The maximum absolute atomic E-state index is 8.85. The zero-order chi connectivity index (χ0) is 13.7. The van der Waals surface area contributed by atoms with Crippen LogP contribution in [-0.2, 0) is 0 Å². The molecule has 2 saturated carbocycles. The van der Waals surface area contributed by atoms with Gasteiger partial charge in [-0.1, -0.05) is 20.8 Å². The summed E-state index contributed by atoms with van der Waals surface area (Å²) in [4.78, 5) is 0. The lowest BCUT2D eigenvalue weighted by Crippen LogP contribution is -2.45. The zero-order valence-electron chi connectivity index (χ0n) is 12.0. The zero-order valence-corrected chi connectivity index (χ0v) is 12.0. The van der Waals surface area contributed by atoms with E-state index in [1.54, 1.807) is 0 Å². The van der Waals surface area contributed by atoms with Gasteiger partial charge >= 0.3 is 0 Å². The molecule has 3 rings (SSSR count). The molecule has 0 aromatic heterocycles. The van der Waals surface area contributed by atoms with E-state index in [4.69, 9.17) is 5.26 Å². The average Bonchev–Trinajstić information content (AvgIpc) is 2.87. The molecule has 0 saturated heterocycles. The highest BCUT2D eigenvalue weighted by molar-refractivity contribution is 5.49. The van der Waals surface area contributed by atoms with Crippen LogP contribution in [0.3, 0.4) is 0 Å². The van der Waals surface area contributed by atoms with Crippen molar-refractivity contribution in [1.29, 1.82) is 5.26 Å². The first-order chi connectivity index (χ1) is 8.95. The summed E-state index contributed by atoms with van der Waals surface area (Å²) < 4.78 is 0. The summed E-state index contributed by atoms with van der Waals surface area (Å²) in [5.74, 6) is 0.855. The van der Waals surface area contributed by atoms with Gasteiger partial charge in [-0.15, -0.1) is 0 Å². The van der Waals surface area contributed by atoms with E-state index in [0.29, 0.717) is 16.9 Å². The van der Waals surface area contributed by atoms with E-state index in [1.165, 1.54) is 19.3 Å². The monoisotopic (exact) mass is 254 g/mol. The molecule has 0 radical (unpaired) electrons. The SMILES string of the molecule is CC1(C)C(Nc2ccc(C#N)cc2)[C@]2(C)CC[C@H]1C2. The largest absolute Gasteiger partial charge is 0.381 e. The second-order valence-electron chi connectivity index (χ2n) is 7.18. The van der Waals surface area contributed by atoms with Gasteiger partial charge in [0.2, 0.25) is 0 Å². The number of nitriles is 1. The molecule has 0 aliphatic heterocycles. The molecule has 2 aliphatic carbocycles. The van der Waals surface area contributed by atoms with Crippen molar-refractivity contribution in [3.63, 3.8) is 0 Å². The van der Waals surface area contributed by atoms with Gasteiger partial charge in [-0.05, 0) is 60.3 Å². The van der Waals surface area contributed by atoms with E-state index in [9.17, 15) is 0 Å². The Morgan fingerprint density at radius 1 is 1.21 bits per heavy atom. The number of nitrogens with zero attached hydrogens (tertiary/aromatic N) is 1. The normalized spacial score (nSPS) is 35.1. The van der Waals surface area contributed by atoms with Crippen molar-refractivity contribution >= 4 is 5.69 Å². The van der Waals surface area contributed by atoms with Crippen molar-refractivity contribution in [2.75, 3.05) is 5.32 Å². The molecule has 1 aromatic rings. The van der Waals surface area contributed by atoms with Gasteiger partial charge in [0.1, 0.15) is 0 Å². The Bertz CT molecular complexity index is 518. The fourth-order valence-corrected chi connectivity index (χ4v) is 4.47. The summed E-state index contributed by atoms with van der Waals surface area (Å²) >= 11 is 0. The summed E-state index contributed by atoms with van der Waals surface area (Å²) in [5.41, 5.74) is 2.66. The number of benzene rings is 1. The lowest BCUT2D eigenvalue weighted by molar-refractivity contribution is 0.155. The van der Waals surface area contributed by atoms with Gasteiger partial charge in [-0.25, -0.2) is 0 Å². The van der Waals surface area contributed by atoms with E-state index in [1.807, 2.05) is 24.3 Å². The molecule has 19 heavy (non-hydrogen) atoms. The lowest BCUT2D eigenvalue weighted by atomic mass is 9.68. The van der Waals surface area contributed by atoms with E-state index < -0.39 is 0 Å². The van der Waals surface area contributed by atoms with Crippen LogP contribution in [0.5, 0.6) is 0 Å². The standard InChI is InChI=1S/C17H22N2/c1-16(2)13-8-9-17(3,10-13)15(16)19-14-6-4-12(11-18)5-7-14/h4-7,13,15,19H,8-10H2,1-3H3/t13-,15?,17+/m0/s1. The molecular formula is C17H22N2. The molecule has 0 spiro atoms. The lowest BCUT2D eigenvalue weighted by Gasteiger charge is -2.43. The highest BCUT2D eigenvalue weighted by atomic mass is 15.0. The minimum absolute atomic E-state index is 0.362. The molecule has 2 aliphatic rings. The fourth-order valence-electron chi connectivity index (χ4n) is 4.47. The van der Waals surface area contributed by atoms with Crippen LogP contribution in [0.4, 0.5) is 5.69 Å². The third-order valence-electron chi connectivity index (χ3n) is 5.59. The second kappa shape index (κ2) is 4.00. The van der Waals surface area contributed by atoms with Gasteiger partial charge in [0.15, 0.2) is 0 Å². The maximum atomic E-state index is 8.85. The molecule has 2 fully saturated rings. The summed E-state index contributed by atoms with van der Waals surface area (Å²) in [6, 6.07) is 10.6. The van der Waals surface area contributed by atoms with Gasteiger partial charge < -0.3 is 5.32 Å². The first kappa shape index (κ1) is 12.5. The Morgan fingerprint density at radius 3 is 2.42 bits per heavy atom. The van der Waals surface area contributed by atoms with E-state index in [0.717, 1.165) is 17.2 Å². The molecule has 0 heterocycles. The molecule has 2 bridgehead atoms. The summed E-state index contributed by atoms with van der Waals surface area (Å²) in [7, 11) is 0. The Kier molecular flexibility index (Phi) is 2.64. The van der Waals surface area contributed by atoms with Gasteiger partial charge in [-0.2, -0.15) is 5.26 Å². The minimum Gasteiger partial charge on any atom is -0.381 e. The van der Waals surface area contributed by atoms with Crippen LogP contribution in [0.1, 0.15) is 45.6 Å². The molecular weight excluding hydrogens is 232 g/mol. The molecule has 2 heteroatoms. The fraction of sp³-hybridized carbons (Fsp3) is 0.588. The molecule has 2 nitrogen and oxygen atoms in total. The Morgan fingerprint density at radius 2 is 1.89 bits per heavy atom. The third kappa shape index (κ3) is 1.84. The van der Waals surface area contributed by atoms with Gasteiger partial charge in [0.05, 0.1) is 11.6 Å². The van der Waals surface area contributed by atoms with Gasteiger partial charge in [0.25, 0.3) is 0 Å². The molecule has 1 aromatic carbocycles. The van der Waals surface area contributed by atoms with Crippen LogP contribution >= 0.6 is 0 Å². The Hall–Kier alpha value is -1.49. The number of fused-ring (bicyclic) bond motifs is 2. The number of rotatable bonds is 2. The van der Waals surface area contributed by atoms with Crippen molar-refractivity contribution < 1.29 is 0 Å². The first-order valence-electron chi connectivity index (χ1n) is 7.22. The molecule has 3 atom stereocenters. The smallest absolute Gasteiger partial charge is 0.0991 e. The average molecular weight is 254 g/mol. The van der Waals surface area contributed by atoms with E-state index in [2.05, 4.69) is 32.2 Å². The summed E-state index contributed by atoms with van der Waals surface area (Å²) in [6.45, 7) is 7.25. The second-order valence-corrected chi connectivity index (χ2v) is 7.18. The number of anilines is 1. The Balaban J connectivity index is 1.84. The van der Waals surface area contributed by atoms with E-state index >= 15 is 0 Å².